The molecule has 1 unspecified atom stereocenters. The van der Waals surface area contributed by atoms with Crippen molar-refractivity contribution in [2.75, 3.05) is 7.11 Å². The normalized spacial score (nSPS) is 25.9. The predicted octanol–water partition coefficient (Wildman–Crippen LogP) is 3.18. The Kier molecular flexibility index (Phi) is 3.20. The zero-order valence-corrected chi connectivity index (χ0v) is 11.6. The molecular formula is C17H18O3. The lowest BCUT2D eigenvalue weighted by Gasteiger charge is -2.30. The Hall–Kier alpha value is -1.90. The highest BCUT2D eigenvalue weighted by Crippen LogP contribution is 2.47. The van der Waals surface area contributed by atoms with Crippen molar-refractivity contribution >= 4 is 17.1 Å². The van der Waals surface area contributed by atoms with E-state index >= 15 is 0 Å². The average Bonchev–Trinajstić information content (AvgIpc) is 2.80. The summed E-state index contributed by atoms with van der Waals surface area (Å²) in [7, 11) is 1.60. The average molecular weight is 270 g/mol. The summed E-state index contributed by atoms with van der Waals surface area (Å²) in [5.74, 6) is 0.800. The van der Waals surface area contributed by atoms with E-state index in [1.807, 2.05) is 30.3 Å². The standard InChI is InChI=1S/C17H18O3/c1-20-14-7-3-2-6-12(14)13-9-11-17(16(13)19)10-5-4-8-15(17)18/h2-3,6-7,9H,4-5,8,10-11H2,1H3. The summed E-state index contributed by atoms with van der Waals surface area (Å²) in [4.78, 5) is 25.1. The van der Waals surface area contributed by atoms with Crippen molar-refractivity contribution in [2.45, 2.75) is 32.1 Å². The summed E-state index contributed by atoms with van der Waals surface area (Å²) in [6.07, 6.45) is 5.59. The van der Waals surface area contributed by atoms with E-state index in [1.165, 1.54) is 0 Å². The van der Waals surface area contributed by atoms with Crippen LogP contribution in [0.3, 0.4) is 0 Å². The van der Waals surface area contributed by atoms with E-state index in [1.54, 1.807) is 7.11 Å². The van der Waals surface area contributed by atoms with Crippen molar-refractivity contribution in [3.8, 4) is 5.75 Å². The Morgan fingerprint density at radius 2 is 1.95 bits per heavy atom. The molecular weight excluding hydrogens is 252 g/mol. The molecule has 20 heavy (non-hydrogen) atoms. The molecule has 2 aliphatic carbocycles. The second-order valence-corrected chi connectivity index (χ2v) is 5.56. The largest absolute Gasteiger partial charge is 0.496 e. The first kappa shape index (κ1) is 13.1. The van der Waals surface area contributed by atoms with Crippen LogP contribution in [0.15, 0.2) is 30.3 Å². The Morgan fingerprint density at radius 3 is 2.70 bits per heavy atom. The topological polar surface area (TPSA) is 43.4 Å². The van der Waals surface area contributed by atoms with Crippen molar-refractivity contribution in [3.05, 3.63) is 35.9 Å². The van der Waals surface area contributed by atoms with Crippen LogP contribution < -0.4 is 4.74 Å². The summed E-state index contributed by atoms with van der Waals surface area (Å²) < 4.78 is 5.33. The molecule has 0 heterocycles. The van der Waals surface area contributed by atoms with Crippen molar-refractivity contribution < 1.29 is 14.3 Å². The highest BCUT2D eigenvalue weighted by Gasteiger charge is 2.50. The fourth-order valence-corrected chi connectivity index (χ4v) is 3.37. The minimum absolute atomic E-state index is 0.00769. The quantitative estimate of drug-likeness (QED) is 0.775. The lowest BCUT2D eigenvalue weighted by atomic mass is 9.69. The number of carbonyl (C=O) groups is 2. The number of rotatable bonds is 2. The van der Waals surface area contributed by atoms with Crippen LogP contribution in [0, 0.1) is 5.41 Å². The molecule has 0 amide bonds. The van der Waals surface area contributed by atoms with Crippen LogP contribution in [-0.2, 0) is 9.59 Å². The van der Waals surface area contributed by atoms with Crippen molar-refractivity contribution in [3.63, 3.8) is 0 Å². The SMILES string of the molecule is COc1ccccc1C1=CCC2(CCCCC2=O)C1=O. The third kappa shape index (κ3) is 1.80. The maximum Gasteiger partial charge on any atom is 0.177 e. The molecule has 1 atom stereocenters. The summed E-state index contributed by atoms with van der Waals surface area (Å²) >= 11 is 0. The first-order valence-corrected chi connectivity index (χ1v) is 7.11. The molecule has 0 saturated heterocycles. The van der Waals surface area contributed by atoms with Gasteiger partial charge in [-0.25, -0.2) is 0 Å². The second-order valence-electron chi connectivity index (χ2n) is 5.56. The van der Waals surface area contributed by atoms with E-state index in [0.717, 1.165) is 18.4 Å². The van der Waals surface area contributed by atoms with Crippen LogP contribution >= 0.6 is 0 Å². The van der Waals surface area contributed by atoms with Crippen LogP contribution in [0.2, 0.25) is 0 Å². The van der Waals surface area contributed by atoms with Crippen molar-refractivity contribution in [2.24, 2.45) is 5.41 Å². The van der Waals surface area contributed by atoms with Gasteiger partial charge in [0.2, 0.25) is 0 Å². The molecule has 3 heteroatoms. The molecule has 0 aromatic heterocycles. The Morgan fingerprint density at radius 1 is 1.15 bits per heavy atom. The number of para-hydroxylation sites is 1. The molecule has 0 radical (unpaired) electrons. The third-order valence-corrected chi connectivity index (χ3v) is 4.52. The number of ether oxygens (including phenoxy) is 1. The van der Waals surface area contributed by atoms with Gasteiger partial charge in [-0.15, -0.1) is 0 Å². The molecule has 1 fully saturated rings. The lowest BCUT2D eigenvalue weighted by molar-refractivity contribution is -0.139. The molecule has 3 nitrogen and oxygen atoms in total. The monoisotopic (exact) mass is 270 g/mol. The summed E-state index contributed by atoms with van der Waals surface area (Å²) in [6, 6.07) is 7.50. The molecule has 0 bridgehead atoms. The third-order valence-electron chi connectivity index (χ3n) is 4.52. The number of carbonyl (C=O) groups excluding carboxylic acids is 2. The van der Waals surface area contributed by atoms with Gasteiger partial charge in [-0.1, -0.05) is 30.7 Å². The van der Waals surface area contributed by atoms with Gasteiger partial charge in [0.1, 0.15) is 11.5 Å². The summed E-state index contributed by atoms with van der Waals surface area (Å²) in [5, 5.41) is 0. The van der Waals surface area contributed by atoms with Crippen LogP contribution in [0.25, 0.3) is 5.57 Å². The van der Waals surface area contributed by atoms with Crippen molar-refractivity contribution in [1.29, 1.82) is 0 Å². The first-order chi connectivity index (χ1) is 9.69. The molecule has 1 spiro atoms. The van der Waals surface area contributed by atoms with Crippen LogP contribution in [-0.4, -0.2) is 18.7 Å². The van der Waals surface area contributed by atoms with Crippen LogP contribution in [0.5, 0.6) is 5.75 Å². The lowest BCUT2D eigenvalue weighted by Crippen LogP contribution is -2.39. The van der Waals surface area contributed by atoms with E-state index < -0.39 is 5.41 Å². The Balaban J connectivity index is 1.98. The smallest absolute Gasteiger partial charge is 0.177 e. The number of ketones is 2. The Labute approximate surface area is 118 Å². The van der Waals surface area contributed by atoms with Gasteiger partial charge in [-0.3, -0.25) is 9.59 Å². The molecule has 3 rings (SSSR count). The fourth-order valence-electron chi connectivity index (χ4n) is 3.37. The number of hydrogen-bond acceptors (Lipinski definition) is 3. The highest BCUT2D eigenvalue weighted by atomic mass is 16.5. The van der Waals surface area contributed by atoms with Gasteiger partial charge in [0.05, 0.1) is 12.5 Å². The number of benzene rings is 1. The molecule has 0 aliphatic heterocycles. The highest BCUT2D eigenvalue weighted by molar-refractivity contribution is 6.32. The van der Waals surface area contributed by atoms with E-state index in [0.29, 0.717) is 30.6 Å². The second kappa shape index (κ2) is 4.89. The zero-order valence-electron chi connectivity index (χ0n) is 11.6. The van der Waals surface area contributed by atoms with Gasteiger partial charge in [0.25, 0.3) is 0 Å². The molecule has 1 saturated carbocycles. The maximum atomic E-state index is 12.8. The minimum Gasteiger partial charge on any atom is -0.496 e. The fraction of sp³-hybridized carbons (Fsp3) is 0.412. The van der Waals surface area contributed by atoms with Gasteiger partial charge < -0.3 is 4.74 Å². The molecule has 0 N–H and O–H groups in total. The number of allylic oxidation sites excluding steroid dienone is 2. The van der Waals surface area contributed by atoms with E-state index in [4.69, 9.17) is 4.74 Å². The molecule has 2 aliphatic rings. The maximum absolute atomic E-state index is 12.8. The van der Waals surface area contributed by atoms with E-state index in [9.17, 15) is 9.59 Å². The van der Waals surface area contributed by atoms with E-state index in [-0.39, 0.29) is 11.6 Å². The first-order valence-electron chi connectivity index (χ1n) is 7.11. The van der Waals surface area contributed by atoms with Gasteiger partial charge in [-0.2, -0.15) is 0 Å². The number of methoxy groups -OCH3 is 1. The van der Waals surface area contributed by atoms with Crippen LogP contribution in [0.4, 0.5) is 0 Å². The summed E-state index contributed by atoms with van der Waals surface area (Å²) in [5.41, 5.74) is 0.682. The van der Waals surface area contributed by atoms with Gasteiger partial charge >= 0.3 is 0 Å². The zero-order chi connectivity index (χ0) is 14.2. The molecule has 1 aromatic carbocycles. The van der Waals surface area contributed by atoms with Gasteiger partial charge in [-0.05, 0) is 25.3 Å². The number of hydrogen-bond donors (Lipinski definition) is 0. The van der Waals surface area contributed by atoms with Gasteiger partial charge in [0, 0.05) is 17.6 Å². The minimum atomic E-state index is -0.769. The summed E-state index contributed by atoms with van der Waals surface area (Å²) in [6.45, 7) is 0. The van der Waals surface area contributed by atoms with Crippen LogP contribution in [0.1, 0.15) is 37.7 Å². The number of Topliss-reactive ketones (excluding diaryl/α,β-unsaturated/α-hetero) is 2. The molecule has 104 valence electrons. The van der Waals surface area contributed by atoms with E-state index in [2.05, 4.69) is 0 Å². The van der Waals surface area contributed by atoms with Gasteiger partial charge in [0.15, 0.2) is 5.78 Å². The van der Waals surface area contributed by atoms with Crippen molar-refractivity contribution in [1.82, 2.24) is 0 Å². The molecule has 1 aromatic rings. The predicted molar refractivity (Wildman–Crippen MR) is 76.5 cm³/mol. The Bertz CT molecular complexity index is 600.